The number of allylic oxidation sites excluding steroid dienone is 1. The van der Waals surface area contributed by atoms with Crippen LogP contribution in [0.1, 0.15) is 30.1 Å². The quantitative estimate of drug-likeness (QED) is 0.592. The first kappa shape index (κ1) is 17.5. The Bertz CT molecular complexity index is 853. The van der Waals surface area contributed by atoms with Gasteiger partial charge < -0.3 is 9.88 Å². The number of hydrogen-bond donors (Lipinski definition) is 1. The van der Waals surface area contributed by atoms with E-state index in [2.05, 4.69) is 22.1 Å². The number of nitrogens with one attached hydrogen (secondary N) is 1. The molecule has 1 heterocycles. The van der Waals surface area contributed by atoms with Gasteiger partial charge in [-0.1, -0.05) is 29.4 Å². The molecule has 0 atom stereocenters. The standard InChI is InChI=1S/C17H16ClN5OS/c1-2-7-23-16(11-3-4-11)21-22-17(23)25-10-15(24)20-14-8-13(18)6-5-12(14)9-19/h2,5-6,8,11H,1,3-4,7,10H2,(H,20,24). The Morgan fingerprint density at radius 3 is 3.00 bits per heavy atom. The van der Waals surface area contributed by atoms with E-state index < -0.39 is 0 Å². The molecule has 25 heavy (non-hydrogen) atoms. The van der Waals surface area contributed by atoms with Crippen molar-refractivity contribution >= 4 is 35.0 Å². The minimum absolute atomic E-state index is 0.164. The predicted octanol–water partition coefficient (Wildman–Crippen LogP) is 3.60. The third-order valence-electron chi connectivity index (χ3n) is 3.71. The minimum atomic E-state index is -0.232. The number of benzene rings is 1. The predicted molar refractivity (Wildman–Crippen MR) is 97.7 cm³/mol. The lowest BCUT2D eigenvalue weighted by Crippen LogP contribution is -2.15. The summed E-state index contributed by atoms with van der Waals surface area (Å²) in [6.07, 6.45) is 4.06. The monoisotopic (exact) mass is 373 g/mol. The summed E-state index contributed by atoms with van der Waals surface area (Å²) < 4.78 is 2.00. The fraction of sp³-hybridized carbons (Fsp3) is 0.294. The normalized spacial score (nSPS) is 13.3. The van der Waals surface area contributed by atoms with Gasteiger partial charge in [-0.05, 0) is 31.0 Å². The SMILES string of the molecule is C=CCn1c(SCC(=O)Nc2cc(Cl)ccc2C#N)nnc1C1CC1. The zero-order valence-electron chi connectivity index (χ0n) is 13.4. The van der Waals surface area contributed by atoms with Crippen molar-refractivity contribution in [2.24, 2.45) is 0 Å². The van der Waals surface area contributed by atoms with Crippen molar-refractivity contribution in [2.75, 3.05) is 11.1 Å². The third kappa shape index (κ3) is 4.21. The maximum atomic E-state index is 12.2. The van der Waals surface area contributed by atoms with Crippen LogP contribution in [0.25, 0.3) is 0 Å². The molecule has 1 amide bonds. The number of anilines is 1. The number of nitrogens with zero attached hydrogens (tertiary/aromatic N) is 4. The summed E-state index contributed by atoms with van der Waals surface area (Å²) in [6, 6.07) is 6.79. The molecule has 1 aromatic carbocycles. The Kier molecular flexibility index (Phi) is 5.41. The number of aromatic nitrogens is 3. The van der Waals surface area contributed by atoms with Gasteiger partial charge in [0.1, 0.15) is 11.9 Å². The first-order valence-corrected chi connectivity index (χ1v) is 9.15. The molecule has 6 nitrogen and oxygen atoms in total. The first-order valence-electron chi connectivity index (χ1n) is 7.78. The number of thioether (sulfide) groups is 1. The molecule has 0 bridgehead atoms. The summed E-state index contributed by atoms with van der Waals surface area (Å²) in [7, 11) is 0. The van der Waals surface area contributed by atoms with Gasteiger partial charge in [-0.2, -0.15) is 5.26 Å². The number of carbonyl (C=O) groups excluding carboxylic acids is 1. The Morgan fingerprint density at radius 2 is 2.32 bits per heavy atom. The lowest BCUT2D eigenvalue weighted by Gasteiger charge is -2.08. The number of rotatable bonds is 7. The van der Waals surface area contributed by atoms with Gasteiger partial charge in [0.25, 0.3) is 0 Å². The molecule has 1 saturated carbocycles. The van der Waals surface area contributed by atoms with Crippen LogP contribution in [-0.4, -0.2) is 26.4 Å². The van der Waals surface area contributed by atoms with Crippen molar-refractivity contribution in [2.45, 2.75) is 30.5 Å². The number of nitriles is 1. The van der Waals surface area contributed by atoms with Gasteiger partial charge in [-0.15, -0.1) is 16.8 Å². The molecular weight excluding hydrogens is 358 g/mol. The average molecular weight is 374 g/mol. The number of hydrogen-bond acceptors (Lipinski definition) is 5. The maximum Gasteiger partial charge on any atom is 0.234 e. The molecule has 1 aliphatic rings. The zero-order chi connectivity index (χ0) is 17.8. The Hall–Kier alpha value is -2.30. The maximum absolute atomic E-state index is 12.2. The molecule has 0 unspecified atom stereocenters. The highest BCUT2D eigenvalue weighted by atomic mass is 35.5. The van der Waals surface area contributed by atoms with Crippen molar-refractivity contribution in [3.63, 3.8) is 0 Å². The first-order chi connectivity index (χ1) is 12.1. The molecule has 1 N–H and O–H groups in total. The van der Waals surface area contributed by atoms with Crippen molar-refractivity contribution in [3.05, 3.63) is 47.3 Å². The molecule has 0 saturated heterocycles. The number of carbonyl (C=O) groups is 1. The van der Waals surface area contributed by atoms with Crippen LogP contribution < -0.4 is 5.32 Å². The van der Waals surface area contributed by atoms with Crippen LogP contribution in [0.3, 0.4) is 0 Å². The summed E-state index contributed by atoms with van der Waals surface area (Å²) >= 11 is 7.24. The van der Waals surface area contributed by atoms with Gasteiger partial charge >= 0.3 is 0 Å². The second-order valence-electron chi connectivity index (χ2n) is 5.65. The van der Waals surface area contributed by atoms with E-state index >= 15 is 0 Å². The molecule has 1 fully saturated rings. The molecule has 3 rings (SSSR count). The fourth-order valence-electron chi connectivity index (χ4n) is 2.38. The van der Waals surface area contributed by atoms with E-state index in [0.717, 1.165) is 18.7 Å². The van der Waals surface area contributed by atoms with Crippen LogP contribution in [0.2, 0.25) is 5.02 Å². The highest BCUT2D eigenvalue weighted by Crippen LogP contribution is 2.40. The molecule has 0 radical (unpaired) electrons. The van der Waals surface area contributed by atoms with Crippen molar-refractivity contribution < 1.29 is 4.79 Å². The van der Waals surface area contributed by atoms with Gasteiger partial charge in [-0.25, -0.2) is 0 Å². The fourth-order valence-corrected chi connectivity index (χ4v) is 3.31. The van der Waals surface area contributed by atoms with Crippen LogP contribution >= 0.6 is 23.4 Å². The average Bonchev–Trinajstić information content (AvgIpc) is 3.36. The lowest BCUT2D eigenvalue weighted by atomic mass is 10.2. The van der Waals surface area contributed by atoms with Crippen LogP contribution in [-0.2, 0) is 11.3 Å². The number of amides is 1. The van der Waals surface area contributed by atoms with E-state index in [0.29, 0.717) is 33.9 Å². The number of halogens is 1. The molecule has 0 aliphatic heterocycles. The van der Waals surface area contributed by atoms with E-state index in [1.807, 2.05) is 10.6 Å². The van der Waals surface area contributed by atoms with Gasteiger partial charge in [0.15, 0.2) is 5.16 Å². The van der Waals surface area contributed by atoms with Gasteiger partial charge in [0, 0.05) is 17.5 Å². The summed E-state index contributed by atoms with van der Waals surface area (Å²) in [5.74, 6) is 1.37. The Morgan fingerprint density at radius 1 is 1.52 bits per heavy atom. The second-order valence-corrected chi connectivity index (χ2v) is 7.03. The van der Waals surface area contributed by atoms with Gasteiger partial charge in [0.2, 0.25) is 5.91 Å². The smallest absolute Gasteiger partial charge is 0.234 e. The second kappa shape index (κ2) is 7.72. The highest BCUT2D eigenvalue weighted by molar-refractivity contribution is 7.99. The Balaban J connectivity index is 1.66. The zero-order valence-corrected chi connectivity index (χ0v) is 15.0. The van der Waals surface area contributed by atoms with Crippen LogP contribution in [0, 0.1) is 11.3 Å². The van der Waals surface area contributed by atoms with E-state index in [9.17, 15) is 4.79 Å². The largest absolute Gasteiger partial charge is 0.324 e. The van der Waals surface area contributed by atoms with E-state index in [1.165, 1.54) is 11.8 Å². The van der Waals surface area contributed by atoms with Crippen LogP contribution in [0.5, 0.6) is 0 Å². The van der Waals surface area contributed by atoms with Gasteiger partial charge in [-0.3, -0.25) is 4.79 Å². The van der Waals surface area contributed by atoms with E-state index in [1.54, 1.807) is 24.3 Å². The molecule has 0 spiro atoms. The molecule has 2 aromatic rings. The molecule has 128 valence electrons. The topological polar surface area (TPSA) is 83.6 Å². The third-order valence-corrected chi connectivity index (χ3v) is 4.91. The Labute approximate surface area is 154 Å². The molecule has 8 heteroatoms. The summed E-state index contributed by atoms with van der Waals surface area (Å²) in [5.41, 5.74) is 0.778. The summed E-state index contributed by atoms with van der Waals surface area (Å²) in [5, 5.41) is 21.4. The van der Waals surface area contributed by atoms with Gasteiger partial charge in [0.05, 0.1) is 17.0 Å². The summed E-state index contributed by atoms with van der Waals surface area (Å²) in [4.78, 5) is 12.2. The van der Waals surface area contributed by atoms with Crippen molar-refractivity contribution in [1.82, 2.24) is 14.8 Å². The van der Waals surface area contributed by atoms with Crippen LogP contribution in [0.15, 0.2) is 36.0 Å². The highest BCUT2D eigenvalue weighted by Gasteiger charge is 2.30. The molecule has 1 aliphatic carbocycles. The molecule has 1 aromatic heterocycles. The van der Waals surface area contributed by atoms with Crippen molar-refractivity contribution in [1.29, 1.82) is 5.26 Å². The molecular formula is C17H16ClN5OS. The minimum Gasteiger partial charge on any atom is -0.324 e. The van der Waals surface area contributed by atoms with Crippen molar-refractivity contribution in [3.8, 4) is 6.07 Å². The van der Waals surface area contributed by atoms with Crippen LogP contribution in [0.4, 0.5) is 5.69 Å². The van der Waals surface area contributed by atoms with E-state index in [-0.39, 0.29) is 11.7 Å². The summed E-state index contributed by atoms with van der Waals surface area (Å²) in [6.45, 7) is 4.39. The lowest BCUT2D eigenvalue weighted by molar-refractivity contribution is -0.113. The van der Waals surface area contributed by atoms with E-state index in [4.69, 9.17) is 16.9 Å².